The third kappa shape index (κ3) is 4.45. The molecule has 142 valence electrons. The largest absolute Gasteiger partial charge is 0.340 e. The Morgan fingerprint density at radius 3 is 2.85 bits per heavy atom. The lowest BCUT2D eigenvalue weighted by molar-refractivity contribution is -0.114. The quantitative estimate of drug-likeness (QED) is 0.681. The maximum atomic E-state index is 12.4. The van der Waals surface area contributed by atoms with Crippen molar-refractivity contribution >= 4 is 44.6 Å². The first-order valence-corrected chi connectivity index (χ1v) is 9.73. The van der Waals surface area contributed by atoms with E-state index < -0.39 is 0 Å². The van der Waals surface area contributed by atoms with Crippen molar-refractivity contribution in [3.05, 3.63) is 50.9 Å². The van der Waals surface area contributed by atoms with Gasteiger partial charge in [-0.1, -0.05) is 36.3 Å². The molecule has 0 saturated carbocycles. The first-order valence-electron chi connectivity index (χ1n) is 8.54. The Morgan fingerprint density at radius 2 is 2.15 bits per heavy atom. The Bertz CT molecular complexity index is 1050. The molecule has 2 aromatic heterocycles. The molecule has 0 bridgehead atoms. The molecule has 0 aliphatic rings. The van der Waals surface area contributed by atoms with Gasteiger partial charge in [0.2, 0.25) is 16.0 Å². The Balaban J connectivity index is 1.75. The molecule has 0 spiro atoms. The summed E-state index contributed by atoms with van der Waals surface area (Å²) in [6, 6.07) is 6.80. The lowest BCUT2D eigenvalue weighted by Gasteiger charge is -2.15. The summed E-state index contributed by atoms with van der Waals surface area (Å²) in [5, 5.41) is 8.33. The predicted octanol–water partition coefficient (Wildman–Crippen LogP) is 3.14. The number of benzene rings is 1. The van der Waals surface area contributed by atoms with E-state index in [1.165, 1.54) is 21.9 Å². The molecule has 27 heavy (non-hydrogen) atoms. The van der Waals surface area contributed by atoms with E-state index in [1.807, 2.05) is 13.8 Å². The van der Waals surface area contributed by atoms with Crippen LogP contribution in [0.1, 0.15) is 24.6 Å². The van der Waals surface area contributed by atoms with Crippen LogP contribution < -0.4 is 15.8 Å². The van der Waals surface area contributed by atoms with Crippen LogP contribution in [0.5, 0.6) is 0 Å². The second-order valence-electron chi connectivity index (χ2n) is 6.28. The molecule has 3 rings (SSSR count). The molecule has 1 N–H and O–H groups in total. The molecular weight excluding hydrogens is 386 g/mol. The van der Waals surface area contributed by atoms with Crippen LogP contribution >= 0.6 is 22.9 Å². The topological polar surface area (TPSA) is 79.6 Å². The summed E-state index contributed by atoms with van der Waals surface area (Å²) >= 11 is 7.22. The van der Waals surface area contributed by atoms with Crippen LogP contribution in [-0.4, -0.2) is 34.1 Å². The van der Waals surface area contributed by atoms with Crippen molar-refractivity contribution in [2.45, 2.75) is 26.7 Å². The van der Waals surface area contributed by atoms with Gasteiger partial charge >= 0.3 is 0 Å². The van der Waals surface area contributed by atoms with Gasteiger partial charge in [0.25, 0.3) is 5.56 Å². The molecular formula is C18H20ClN5O2S. The SMILES string of the molecule is CCCc1cc(=O)n2nc(N(C)CC(=O)Nc3ccc(Cl)cc3C)sc2n1. The Labute approximate surface area is 165 Å². The molecule has 0 saturated heterocycles. The summed E-state index contributed by atoms with van der Waals surface area (Å²) < 4.78 is 1.27. The summed E-state index contributed by atoms with van der Waals surface area (Å²) in [6.45, 7) is 4.01. The molecule has 2 heterocycles. The minimum absolute atomic E-state index is 0.0957. The molecule has 1 aromatic carbocycles. The van der Waals surface area contributed by atoms with E-state index in [0.29, 0.717) is 20.8 Å². The number of carbonyl (C=O) groups is 1. The number of nitrogens with zero attached hydrogens (tertiary/aromatic N) is 4. The zero-order chi connectivity index (χ0) is 19.6. The normalized spacial score (nSPS) is 11.0. The second kappa shape index (κ2) is 8.06. The second-order valence-corrected chi connectivity index (χ2v) is 7.65. The van der Waals surface area contributed by atoms with Crippen LogP contribution in [-0.2, 0) is 11.2 Å². The van der Waals surface area contributed by atoms with Crippen LogP contribution in [0.25, 0.3) is 4.96 Å². The number of hydrogen-bond acceptors (Lipinski definition) is 6. The highest BCUT2D eigenvalue weighted by molar-refractivity contribution is 7.20. The number of hydrogen-bond donors (Lipinski definition) is 1. The Kier molecular flexibility index (Phi) is 5.76. The van der Waals surface area contributed by atoms with E-state index in [0.717, 1.165) is 24.1 Å². The molecule has 1 amide bonds. The minimum Gasteiger partial charge on any atom is -0.340 e. The first-order chi connectivity index (χ1) is 12.9. The van der Waals surface area contributed by atoms with E-state index in [-0.39, 0.29) is 18.0 Å². The number of amides is 1. The van der Waals surface area contributed by atoms with Gasteiger partial charge in [-0.15, -0.1) is 5.10 Å². The summed E-state index contributed by atoms with van der Waals surface area (Å²) in [4.78, 5) is 31.3. The van der Waals surface area contributed by atoms with Crippen LogP contribution in [0.15, 0.2) is 29.1 Å². The Morgan fingerprint density at radius 1 is 1.37 bits per heavy atom. The van der Waals surface area contributed by atoms with E-state index >= 15 is 0 Å². The van der Waals surface area contributed by atoms with Crippen molar-refractivity contribution in [2.24, 2.45) is 0 Å². The van der Waals surface area contributed by atoms with Gasteiger partial charge in [-0.05, 0) is 37.1 Å². The van der Waals surface area contributed by atoms with Gasteiger partial charge in [-0.2, -0.15) is 4.52 Å². The molecule has 0 atom stereocenters. The highest BCUT2D eigenvalue weighted by Crippen LogP contribution is 2.22. The average Bonchev–Trinajstić information content (AvgIpc) is 3.02. The third-order valence-corrected chi connectivity index (χ3v) is 5.22. The van der Waals surface area contributed by atoms with Crippen LogP contribution in [0.3, 0.4) is 0 Å². The van der Waals surface area contributed by atoms with Gasteiger partial charge in [0.15, 0.2) is 0 Å². The van der Waals surface area contributed by atoms with E-state index in [4.69, 9.17) is 11.6 Å². The van der Waals surface area contributed by atoms with Crippen molar-refractivity contribution in [1.82, 2.24) is 14.6 Å². The summed E-state index contributed by atoms with van der Waals surface area (Å²) in [7, 11) is 1.75. The number of aryl methyl sites for hydroxylation is 2. The molecule has 7 nitrogen and oxygen atoms in total. The fraction of sp³-hybridized carbons (Fsp3) is 0.333. The summed E-state index contributed by atoms with van der Waals surface area (Å²) in [5.41, 5.74) is 2.15. The molecule has 0 aliphatic carbocycles. The third-order valence-electron chi connectivity index (χ3n) is 3.96. The molecule has 0 fully saturated rings. The van der Waals surface area contributed by atoms with Gasteiger partial charge < -0.3 is 10.2 Å². The molecule has 0 unspecified atom stereocenters. The van der Waals surface area contributed by atoms with Crippen LogP contribution in [0.4, 0.5) is 10.8 Å². The van der Waals surface area contributed by atoms with Crippen molar-refractivity contribution in [2.75, 3.05) is 23.8 Å². The maximum Gasteiger partial charge on any atom is 0.275 e. The highest BCUT2D eigenvalue weighted by Gasteiger charge is 2.15. The van der Waals surface area contributed by atoms with Crippen LogP contribution in [0, 0.1) is 6.92 Å². The first kappa shape index (κ1) is 19.3. The zero-order valence-corrected chi connectivity index (χ0v) is 16.9. The maximum absolute atomic E-state index is 12.4. The predicted molar refractivity (Wildman–Crippen MR) is 109 cm³/mol. The summed E-state index contributed by atoms with van der Waals surface area (Å²) in [5.74, 6) is -0.186. The average molecular weight is 406 g/mol. The van der Waals surface area contributed by atoms with Crippen molar-refractivity contribution in [3.8, 4) is 0 Å². The minimum atomic E-state index is -0.208. The lowest BCUT2D eigenvalue weighted by atomic mass is 10.2. The van der Waals surface area contributed by atoms with Gasteiger partial charge in [0.05, 0.1) is 6.54 Å². The van der Waals surface area contributed by atoms with E-state index in [9.17, 15) is 9.59 Å². The van der Waals surface area contributed by atoms with Gasteiger partial charge in [0.1, 0.15) is 0 Å². The number of nitrogens with one attached hydrogen (secondary N) is 1. The lowest BCUT2D eigenvalue weighted by Crippen LogP contribution is -2.30. The monoisotopic (exact) mass is 405 g/mol. The van der Waals surface area contributed by atoms with Gasteiger partial charge in [-0.25, -0.2) is 4.98 Å². The number of aromatic nitrogens is 3. The molecule has 0 radical (unpaired) electrons. The van der Waals surface area contributed by atoms with Crippen molar-refractivity contribution in [3.63, 3.8) is 0 Å². The van der Waals surface area contributed by atoms with E-state index in [1.54, 1.807) is 30.1 Å². The molecule has 0 aliphatic heterocycles. The number of anilines is 2. The van der Waals surface area contributed by atoms with E-state index in [2.05, 4.69) is 15.4 Å². The zero-order valence-electron chi connectivity index (χ0n) is 15.3. The van der Waals surface area contributed by atoms with Gasteiger partial charge in [0, 0.05) is 29.5 Å². The standard InChI is InChI=1S/C18H20ClN5O2S/c1-4-5-13-9-16(26)24-17(20-13)27-18(22-24)23(3)10-15(25)21-14-7-6-12(19)8-11(14)2/h6-9H,4-5,10H2,1-3H3,(H,21,25). The number of carbonyl (C=O) groups excluding carboxylic acids is 1. The smallest absolute Gasteiger partial charge is 0.275 e. The number of fused-ring (bicyclic) bond motifs is 1. The fourth-order valence-electron chi connectivity index (χ4n) is 2.62. The Hall–Kier alpha value is -2.45. The molecule has 3 aromatic rings. The summed E-state index contributed by atoms with van der Waals surface area (Å²) in [6.07, 6.45) is 1.66. The van der Waals surface area contributed by atoms with Crippen molar-refractivity contribution in [1.29, 1.82) is 0 Å². The van der Waals surface area contributed by atoms with Gasteiger partial charge in [-0.3, -0.25) is 9.59 Å². The fourth-order valence-corrected chi connectivity index (χ4v) is 3.74. The number of halogens is 1. The highest BCUT2D eigenvalue weighted by atomic mass is 35.5. The molecule has 9 heteroatoms. The van der Waals surface area contributed by atoms with Crippen LogP contribution in [0.2, 0.25) is 5.02 Å². The van der Waals surface area contributed by atoms with Crippen molar-refractivity contribution < 1.29 is 4.79 Å². The number of likely N-dealkylation sites (N-methyl/N-ethyl adjacent to an activating group) is 1. The number of rotatable bonds is 6.